The first-order chi connectivity index (χ1) is 15.5. The average Bonchev–Trinajstić information content (AvgIpc) is 3.12. The van der Waals surface area contributed by atoms with Gasteiger partial charge in [0, 0.05) is 24.2 Å². The molecule has 0 aliphatic carbocycles. The molecule has 3 aromatic rings. The minimum absolute atomic E-state index is 0.101. The molecule has 9 heteroatoms. The van der Waals surface area contributed by atoms with Crippen molar-refractivity contribution in [1.82, 2.24) is 14.8 Å². The van der Waals surface area contributed by atoms with Gasteiger partial charge in [0.05, 0.1) is 19.0 Å². The number of nitrogens with one attached hydrogen (secondary N) is 1. The Balaban J connectivity index is 1.42. The monoisotopic (exact) mass is 474 g/mol. The summed E-state index contributed by atoms with van der Waals surface area (Å²) < 4.78 is 13.2. The van der Waals surface area contributed by atoms with Crippen LogP contribution in [0.15, 0.2) is 47.6 Å². The fourth-order valence-corrected chi connectivity index (χ4v) is 3.96. The van der Waals surface area contributed by atoms with Crippen LogP contribution in [0.25, 0.3) is 0 Å². The highest BCUT2D eigenvalue weighted by molar-refractivity contribution is 7.99. The molecular weight excluding hydrogens is 448 g/mol. The number of carbonyl (C=O) groups excluding carboxylic acids is 1. The highest BCUT2D eigenvalue weighted by atomic mass is 35.5. The summed E-state index contributed by atoms with van der Waals surface area (Å²) in [5, 5.41) is 12.7. The highest BCUT2D eigenvalue weighted by Gasteiger charge is 2.12. The third-order valence-electron chi connectivity index (χ3n) is 4.65. The first kappa shape index (κ1) is 23.9. The van der Waals surface area contributed by atoms with E-state index in [4.69, 9.17) is 21.1 Å². The summed E-state index contributed by atoms with van der Waals surface area (Å²) in [7, 11) is 1.91. The number of halogens is 1. The molecule has 170 valence electrons. The highest BCUT2D eigenvalue weighted by Crippen LogP contribution is 2.22. The number of hydrogen-bond donors (Lipinski definition) is 1. The molecule has 0 atom stereocenters. The van der Waals surface area contributed by atoms with Crippen molar-refractivity contribution in [3.8, 4) is 11.5 Å². The molecule has 1 aromatic heterocycles. The van der Waals surface area contributed by atoms with E-state index in [0.29, 0.717) is 23.4 Å². The summed E-state index contributed by atoms with van der Waals surface area (Å²) in [6, 6.07) is 12.9. The van der Waals surface area contributed by atoms with Crippen molar-refractivity contribution in [3.05, 3.63) is 58.9 Å². The fraction of sp³-hybridized carbons (Fsp3) is 0.348. The Hall–Kier alpha value is -2.71. The number of aromatic nitrogens is 3. The minimum Gasteiger partial charge on any atom is -0.494 e. The molecule has 7 nitrogen and oxygen atoms in total. The third kappa shape index (κ3) is 6.90. The predicted octanol–water partition coefficient (Wildman–Crippen LogP) is 4.92. The van der Waals surface area contributed by atoms with E-state index in [9.17, 15) is 4.79 Å². The summed E-state index contributed by atoms with van der Waals surface area (Å²) in [5.74, 6) is 2.62. The summed E-state index contributed by atoms with van der Waals surface area (Å²) in [6.45, 7) is 5.08. The Kier molecular flexibility index (Phi) is 8.81. The number of benzene rings is 2. The van der Waals surface area contributed by atoms with Crippen LogP contribution in [-0.4, -0.2) is 39.6 Å². The summed E-state index contributed by atoms with van der Waals surface area (Å²) in [6.07, 6.45) is 1.53. The van der Waals surface area contributed by atoms with Crippen LogP contribution in [0.3, 0.4) is 0 Å². The van der Waals surface area contributed by atoms with Gasteiger partial charge in [0.2, 0.25) is 5.91 Å². The molecule has 32 heavy (non-hydrogen) atoms. The standard InChI is InChI=1S/C23H27ClN4O3S/c1-4-30-19-10-8-18(9-11-19)25-22(29)15-32-23-27-26-21(28(23)3)6-5-13-31-20-12-7-17(24)14-16(20)2/h7-12,14H,4-6,13,15H2,1-3H3,(H,25,29). The molecule has 0 radical (unpaired) electrons. The first-order valence-electron chi connectivity index (χ1n) is 10.4. The van der Waals surface area contributed by atoms with E-state index in [2.05, 4.69) is 15.5 Å². The topological polar surface area (TPSA) is 78.3 Å². The van der Waals surface area contributed by atoms with Crippen LogP contribution in [0.2, 0.25) is 5.02 Å². The number of hydrogen-bond acceptors (Lipinski definition) is 6. The maximum absolute atomic E-state index is 12.3. The Bertz CT molecular complexity index is 1040. The van der Waals surface area contributed by atoms with Crippen LogP contribution in [0.5, 0.6) is 11.5 Å². The Morgan fingerprint density at radius 3 is 2.66 bits per heavy atom. The minimum atomic E-state index is -0.101. The Labute approximate surface area is 197 Å². The number of thioether (sulfide) groups is 1. The molecule has 0 fully saturated rings. The van der Waals surface area contributed by atoms with E-state index in [1.807, 2.05) is 67.9 Å². The smallest absolute Gasteiger partial charge is 0.234 e. The maximum Gasteiger partial charge on any atom is 0.234 e. The van der Waals surface area contributed by atoms with Crippen molar-refractivity contribution in [2.45, 2.75) is 31.8 Å². The van der Waals surface area contributed by atoms with Gasteiger partial charge in [-0.15, -0.1) is 10.2 Å². The SMILES string of the molecule is CCOc1ccc(NC(=O)CSc2nnc(CCCOc3ccc(Cl)cc3C)n2C)cc1. The van der Waals surface area contributed by atoms with E-state index < -0.39 is 0 Å². The Morgan fingerprint density at radius 2 is 1.94 bits per heavy atom. The second kappa shape index (κ2) is 11.8. The summed E-state index contributed by atoms with van der Waals surface area (Å²) in [4.78, 5) is 12.3. The van der Waals surface area contributed by atoms with Gasteiger partial charge < -0.3 is 19.4 Å². The number of ether oxygens (including phenoxy) is 2. The van der Waals surface area contributed by atoms with Gasteiger partial charge >= 0.3 is 0 Å². The first-order valence-corrected chi connectivity index (χ1v) is 11.8. The lowest BCUT2D eigenvalue weighted by Gasteiger charge is -2.09. The van der Waals surface area contributed by atoms with Gasteiger partial charge in [-0.05, 0) is 68.3 Å². The fourth-order valence-electron chi connectivity index (χ4n) is 3.00. The van der Waals surface area contributed by atoms with Gasteiger partial charge in [0.25, 0.3) is 0 Å². The normalized spacial score (nSPS) is 10.8. The van der Waals surface area contributed by atoms with Crippen LogP contribution >= 0.6 is 23.4 Å². The maximum atomic E-state index is 12.3. The van der Waals surface area contributed by atoms with E-state index >= 15 is 0 Å². The van der Waals surface area contributed by atoms with Crippen LogP contribution < -0.4 is 14.8 Å². The van der Waals surface area contributed by atoms with Crippen LogP contribution in [0.4, 0.5) is 5.69 Å². The number of aryl methyl sites for hydroxylation is 2. The lowest BCUT2D eigenvalue weighted by atomic mass is 10.2. The molecule has 1 N–H and O–H groups in total. The molecule has 0 saturated heterocycles. The molecule has 2 aromatic carbocycles. The predicted molar refractivity (Wildman–Crippen MR) is 128 cm³/mol. The molecule has 1 heterocycles. The van der Waals surface area contributed by atoms with Gasteiger partial charge in [-0.1, -0.05) is 23.4 Å². The van der Waals surface area contributed by atoms with Crippen LogP contribution in [0.1, 0.15) is 24.7 Å². The summed E-state index contributed by atoms with van der Waals surface area (Å²) in [5.41, 5.74) is 1.74. The van der Waals surface area contributed by atoms with Crippen molar-refractivity contribution in [2.24, 2.45) is 7.05 Å². The second-order valence-electron chi connectivity index (χ2n) is 7.11. The van der Waals surface area contributed by atoms with Crippen LogP contribution in [-0.2, 0) is 18.3 Å². The molecular formula is C23H27ClN4O3S. The molecule has 0 saturated carbocycles. The molecule has 0 unspecified atom stereocenters. The number of nitrogens with zero attached hydrogens (tertiary/aromatic N) is 3. The van der Waals surface area contributed by atoms with Crippen molar-refractivity contribution in [1.29, 1.82) is 0 Å². The lowest BCUT2D eigenvalue weighted by molar-refractivity contribution is -0.113. The number of anilines is 1. The molecule has 0 aliphatic heterocycles. The largest absolute Gasteiger partial charge is 0.494 e. The number of rotatable bonds is 11. The zero-order valence-corrected chi connectivity index (χ0v) is 20.0. The van der Waals surface area contributed by atoms with Crippen molar-refractivity contribution >= 4 is 35.0 Å². The average molecular weight is 475 g/mol. The van der Waals surface area contributed by atoms with Crippen molar-refractivity contribution in [3.63, 3.8) is 0 Å². The quantitative estimate of drug-likeness (QED) is 0.314. The van der Waals surface area contributed by atoms with E-state index in [-0.39, 0.29) is 11.7 Å². The third-order valence-corrected chi connectivity index (χ3v) is 5.90. The van der Waals surface area contributed by atoms with E-state index in [1.165, 1.54) is 11.8 Å². The van der Waals surface area contributed by atoms with Crippen molar-refractivity contribution < 1.29 is 14.3 Å². The van der Waals surface area contributed by atoms with E-state index in [0.717, 1.165) is 41.4 Å². The zero-order chi connectivity index (χ0) is 22.9. The van der Waals surface area contributed by atoms with Gasteiger partial charge in [0.1, 0.15) is 17.3 Å². The number of carbonyl (C=O) groups is 1. The molecule has 3 rings (SSSR count). The van der Waals surface area contributed by atoms with Crippen LogP contribution in [0, 0.1) is 6.92 Å². The van der Waals surface area contributed by atoms with Crippen molar-refractivity contribution in [2.75, 3.05) is 24.3 Å². The van der Waals surface area contributed by atoms with E-state index in [1.54, 1.807) is 0 Å². The van der Waals surface area contributed by atoms with Gasteiger partial charge in [-0.3, -0.25) is 4.79 Å². The van der Waals surface area contributed by atoms with Gasteiger partial charge in [-0.2, -0.15) is 0 Å². The Morgan fingerprint density at radius 1 is 1.16 bits per heavy atom. The second-order valence-corrected chi connectivity index (χ2v) is 8.49. The van der Waals surface area contributed by atoms with Gasteiger partial charge in [0.15, 0.2) is 5.16 Å². The van der Waals surface area contributed by atoms with Gasteiger partial charge in [-0.25, -0.2) is 0 Å². The summed E-state index contributed by atoms with van der Waals surface area (Å²) >= 11 is 7.33. The molecule has 0 aliphatic rings. The lowest BCUT2D eigenvalue weighted by Crippen LogP contribution is -2.14. The molecule has 0 bridgehead atoms. The molecule has 1 amide bonds. The molecule has 0 spiro atoms. The zero-order valence-electron chi connectivity index (χ0n) is 18.4. The number of amides is 1.